The van der Waals surface area contributed by atoms with Crippen molar-refractivity contribution in [3.05, 3.63) is 73.7 Å². The Kier molecular flexibility index (Phi) is 10.5. The van der Waals surface area contributed by atoms with Gasteiger partial charge in [-0.1, -0.05) is 40.9 Å². The molecule has 2 aromatic carbocycles. The molecule has 2 aromatic rings. The van der Waals surface area contributed by atoms with Gasteiger partial charge in [0.1, 0.15) is 12.1 Å². The van der Waals surface area contributed by atoms with Gasteiger partial charge in [-0.15, -0.1) is 0 Å². The van der Waals surface area contributed by atoms with Crippen LogP contribution in [0.2, 0.25) is 15.1 Å². The summed E-state index contributed by atoms with van der Waals surface area (Å²) in [6.45, 7) is 0.227. The Morgan fingerprint density at radius 1 is 1.05 bits per heavy atom. The minimum Gasteiger partial charge on any atom is -0.341 e. The van der Waals surface area contributed by atoms with Crippen LogP contribution in [0, 0.1) is 6.92 Å². The van der Waals surface area contributed by atoms with E-state index < -0.39 is 48.9 Å². The minimum absolute atomic E-state index is 0.00728. The van der Waals surface area contributed by atoms with Gasteiger partial charge in [-0.3, -0.25) is 4.79 Å². The maximum absolute atomic E-state index is 15.1. The number of hydrogen-bond acceptors (Lipinski definition) is 3. The van der Waals surface area contributed by atoms with Crippen molar-refractivity contribution in [1.29, 1.82) is 0 Å². The summed E-state index contributed by atoms with van der Waals surface area (Å²) in [6, 6.07) is 4.66. The largest absolute Gasteiger partial charge is 0.401 e. The monoisotopic (exact) mass is 588 g/mol. The van der Waals surface area contributed by atoms with Gasteiger partial charge in [-0.2, -0.15) is 13.2 Å². The zero-order valence-electron chi connectivity index (χ0n) is 19.3. The van der Waals surface area contributed by atoms with Gasteiger partial charge in [0.25, 0.3) is 11.8 Å². The Morgan fingerprint density at radius 2 is 1.65 bits per heavy atom. The molecule has 0 fully saturated rings. The number of aldehydes is 1. The number of alkyl halides is 5. The molecule has 0 spiro atoms. The van der Waals surface area contributed by atoms with E-state index in [1.807, 2.05) is 5.32 Å². The first-order chi connectivity index (χ1) is 17.0. The van der Waals surface area contributed by atoms with Gasteiger partial charge < -0.3 is 15.4 Å². The molecule has 2 N–H and O–H groups in total. The van der Waals surface area contributed by atoms with Crippen molar-refractivity contribution < 1.29 is 35.9 Å². The predicted octanol–water partition coefficient (Wildman–Crippen LogP) is 7.15. The number of aryl methyl sites for hydroxylation is 1. The number of halogens is 9. The molecule has 202 valence electrons. The molecule has 2 atom stereocenters. The minimum atomic E-state index is -4.49. The van der Waals surface area contributed by atoms with Gasteiger partial charge in [0, 0.05) is 24.6 Å². The molecular formula is C24H21Cl3F6N2O2. The molecule has 0 bridgehead atoms. The molecule has 1 amide bonds. The predicted molar refractivity (Wildman–Crippen MR) is 131 cm³/mol. The summed E-state index contributed by atoms with van der Waals surface area (Å²) >= 11 is 17.7. The number of allylic oxidation sites excluding steroid dienone is 1. The summed E-state index contributed by atoms with van der Waals surface area (Å²) in [5, 5.41) is 4.08. The van der Waals surface area contributed by atoms with Crippen LogP contribution < -0.4 is 10.6 Å². The van der Waals surface area contributed by atoms with Crippen molar-refractivity contribution in [2.24, 2.45) is 0 Å². The summed E-state index contributed by atoms with van der Waals surface area (Å²) in [6.07, 6.45) is -3.53. The first-order valence-corrected chi connectivity index (χ1v) is 11.7. The summed E-state index contributed by atoms with van der Waals surface area (Å²) in [5.41, 5.74) is 0.0405. The van der Waals surface area contributed by atoms with Gasteiger partial charge in [-0.25, -0.2) is 13.2 Å². The fourth-order valence-corrected chi connectivity index (χ4v) is 3.96. The normalized spacial score (nSPS) is 14.3. The quantitative estimate of drug-likeness (QED) is 0.176. The van der Waals surface area contributed by atoms with Crippen LogP contribution in [0.3, 0.4) is 0 Å². The molecule has 0 aliphatic heterocycles. The van der Waals surface area contributed by atoms with E-state index in [0.29, 0.717) is 13.0 Å². The fourth-order valence-electron chi connectivity index (χ4n) is 3.35. The first-order valence-electron chi connectivity index (χ1n) is 10.6. The van der Waals surface area contributed by atoms with Crippen molar-refractivity contribution >= 4 is 52.8 Å². The van der Waals surface area contributed by atoms with Crippen molar-refractivity contribution in [3.63, 3.8) is 0 Å². The Morgan fingerprint density at radius 3 is 2.14 bits per heavy atom. The summed E-state index contributed by atoms with van der Waals surface area (Å²) in [7, 11) is 0. The third-order valence-corrected chi connectivity index (χ3v) is 6.34. The standard InChI is InChI=1S/C24H21Cl3F6N2O2/c1-12-5-13(3-4-16(12)22(37)35-15(10-36)9-34-11-24(31,32)33)20(28)8-17(23(2,29)30)14-6-18(25)21(27)19(26)7-14/h3-8,10,15,17,34H,9,11H2,1-2H3,(H,35,37)/b20-8-. The van der Waals surface area contributed by atoms with Gasteiger partial charge in [0.15, 0.2) is 0 Å². The number of carbonyl (C=O) groups is 2. The Bertz CT molecular complexity index is 1160. The van der Waals surface area contributed by atoms with Crippen molar-refractivity contribution in [1.82, 2.24) is 10.6 Å². The maximum atomic E-state index is 15.1. The number of hydrogen-bond donors (Lipinski definition) is 2. The van der Waals surface area contributed by atoms with Crippen LogP contribution in [0.5, 0.6) is 0 Å². The van der Waals surface area contributed by atoms with Crippen LogP contribution in [-0.2, 0) is 4.79 Å². The Balaban J connectivity index is 2.27. The molecule has 0 saturated heterocycles. The Labute approximate surface area is 224 Å². The molecule has 0 radical (unpaired) electrons. The highest BCUT2D eigenvalue weighted by Crippen LogP contribution is 2.41. The lowest BCUT2D eigenvalue weighted by atomic mass is 9.91. The molecule has 37 heavy (non-hydrogen) atoms. The lowest BCUT2D eigenvalue weighted by Crippen LogP contribution is -2.45. The van der Waals surface area contributed by atoms with Crippen LogP contribution in [0.1, 0.15) is 39.9 Å². The highest BCUT2D eigenvalue weighted by Gasteiger charge is 2.35. The van der Waals surface area contributed by atoms with E-state index in [9.17, 15) is 31.5 Å². The molecule has 2 unspecified atom stereocenters. The zero-order valence-corrected chi connectivity index (χ0v) is 21.6. The van der Waals surface area contributed by atoms with E-state index in [1.165, 1.54) is 19.1 Å². The van der Waals surface area contributed by atoms with E-state index in [-0.39, 0.29) is 43.6 Å². The SMILES string of the molecule is Cc1cc(/C(F)=C/C(c2cc(Cl)c(Cl)c(Cl)c2)C(C)(F)F)ccc1C(=O)NC(C=O)CNCC(F)(F)F. The average Bonchev–Trinajstić information content (AvgIpc) is 2.78. The molecule has 13 heteroatoms. The topological polar surface area (TPSA) is 58.2 Å². The van der Waals surface area contributed by atoms with Gasteiger partial charge in [0.2, 0.25) is 0 Å². The molecule has 0 heterocycles. The van der Waals surface area contributed by atoms with Crippen molar-refractivity contribution in [2.75, 3.05) is 13.1 Å². The van der Waals surface area contributed by atoms with Crippen LogP contribution in [0.15, 0.2) is 36.4 Å². The van der Waals surface area contributed by atoms with E-state index >= 15 is 4.39 Å². The molecule has 2 rings (SSSR count). The van der Waals surface area contributed by atoms with Crippen LogP contribution in [0.4, 0.5) is 26.3 Å². The zero-order chi connectivity index (χ0) is 28.1. The number of carbonyl (C=O) groups excluding carboxylic acids is 2. The van der Waals surface area contributed by atoms with E-state index in [1.54, 1.807) is 0 Å². The molecule has 0 aliphatic carbocycles. The van der Waals surface area contributed by atoms with Gasteiger partial charge in [0.05, 0.1) is 33.6 Å². The van der Waals surface area contributed by atoms with E-state index in [2.05, 4.69) is 5.32 Å². The van der Waals surface area contributed by atoms with E-state index in [0.717, 1.165) is 18.2 Å². The molecule has 0 saturated carbocycles. The average molecular weight is 590 g/mol. The second-order valence-electron chi connectivity index (χ2n) is 8.24. The third kappa shape index (κ3) is 8.91. The maximum Gasteiger partial charge on any atom is 0.401 e. The number of nitrogens with one attached hydrogen (secondary N) is 2. The fraction of sp³-hybridized carbons (Fsp3) is 0.333. The summed E-state index contributed by atoms with van der Waals surface area (Å²) in [5.74, 6) is -6.99. The highest BCUT2D eigenvalue weighted by molar-refractivity contribution is 6.48. The Hall–Kier alpha value is -2.27. The van der Waals surface area contributed by atoms with Gasteiger partial charge in [-0.05, 0) is 48.4 Å². The number of amides is 1. The van der Waals surface area contributed by atoms with Crippen molar-refractivity contribution in [3.8, 4) is 0 Å². The first kappa shape index (κ1) is 31.0. The highest BCUT2D eigenvalue weighted by atomic mass is 35.5. The van der Waals surface area contributed by atoms with Crippen LogP contribution in [0.25, 0.3) is 5.83 Å². The van der Waals surface area contributed by atoms with Gasteiger partial charge >= 0.3 is 6.18 Å². The number of rotatable bonds is 10. The molecule has 0 aliphatic rings. The van der Waals surface area contributed by atoms with Crippen molar-refractivity contribution in [2.45, 2.75) is 37.9 Å². The lowest BCUT2D eigenvalue weighted by molar-refractivity contribution is -0.125. The molecule has 4 nitrogen and oxygen atoms in total. The second kappa shape index (κ2) is 12.5. The number of benzene rings is 2. The van der Waals surface area contributed by atoms with Crippen LogP contribution >= 0.6 is 34.8 Å². The third-order valence-electron chi connectivity index (χ3n) is 5.14. The molecular weight excluding hydrogens is 569 g/mol. The summed E-state index contributed by atoms with van der Waals surface area (Å²) < 4.78 is 80.6. The lowest BCUT2D eigenvalue weighted by Gasteiger charge is -2.22. The second-order valence-corrected chi connectivity index (χ2v) is 9.43. The summed E-state index contributed by atoms with van der Waals surface area (Å²) in [4.78, 5) is 23.6. The smallest absolute Gasteiger partial charge is 0.341 e. The van der Waals surface area contributed by atoms with Crippen LogP contribution in [-0.4, -0.2) is 43.4 Å². The molecule has 0 aromatic heterocycles. The van der Waals surface area contributed by atoms with E-state index in [4.69, 9.17) is 34.8 Å².